The van der Waals surface area contributed by atoms with Gasteiger partial charge in [-0.1, -0.05) is 12.8 Å². The van der Waals surface area contributed by atoms with E-state index in [0.717, 1.165) is 10.8 Å². The maximum Gasteiger partial charge on any atom is -0.0224 e. The molecule has 0 aromatic rings. The molecule has 0 radical (unpaired) electrons. The van der Waals surface area contributed by atoms with Gasteiger partial charge in [0.2, 0.25) is 0 Å². The smallest absolute Gasteiger partial charge is 0.0224 e. The Morgan fingerprint density at radius 1 is 0.700 bits per heavy atom. The summed E-state index contributed by atoms with van der Waals surface area (Å²) in [5.41, 5.74) is 2.03. The third-order valence-corrected chi connectivity index (χ3v) is 5.16. The molecule has 0 atom stereocenters. The summed E-state index contributed by atoms with van der Waals surface area (Å²) in [5.74, 6) is 2.56. The van der Waals surface area contributed by atoms with Crippen molar-refractivity contribution in [2.24, 2.45) is 22.7 Å². The van der Waals surface area contributed by atoms with E-state index < -0.39 is 0 Å². The molecule has 0 bridgehead atoms. The first-order valence-corrected chi connectivity index (χ1v) is 4.90. The maximum absolute atomic E-state index is 1.62. The fraction of sp³-hybridized carbons (Fsp3) is 1.00. The van der Waals surface area contributed by atoms with Crippen LogP contribution in [0.4, 0.5) is 0 Å². The van der Waals surface area contributed by atoms with Gasteiger partial charge >= 0.3 is 0 Å². The topological polar surface area (TPSA) is 0 Å². The molecule has 0 aromatic heterocycles. The van der Waals surface area contributed by atoms with Crippen LogP contribution >= 0.6 is 0 Å². The minimum Gasteiger partial charge on any atom is -0.0522 e. The van der Waals surface area contributed by atoms with Crippen molar-refractivity contribution in [3.63, 3.8) is 0 Å². The molecular weight excluding hydrogens is 120 g/mol. The lowest BCUT2D eigenvalue weighted by Gasteiger charge is -2.45. The van der Waals surface area contributed by atoms with E-state index in [4.69, 9.17) is 0 Å². The number of hydrogen-bond donors (Lipinski definition) is 0. The van der Waals surface area contributed by atoms with Gasteiger partial charge in [0.25, 0.3) is 0 Å². The molecule has 4 fully saturated rings. The minimum absolute atomic E-state index is 1.01. The summed E-state index contributed by atoms with van der Waals surface area (Å²) in [6, 6.07) is 0. The van der Waals surface area contributed by atoms with Crippen molar-refractivity contribution in [1.29, 1.82) is 0 Å². The molecule has 54 valence electrons. The Bertz CT molecular complexity index is 172. The highest BCUT2D eigenvalue weighted by Gasteiger charge is 2.92. The van der Waals surface area contributed by atoms with Crippen LogP contribution in [0.3, 0.4) is 0 Å². The summed E-state index contributed by atoms with van der Waals surface area (Å²) in [4.78, 5) is 0. The van der Waals surface area contributed by atoms with Crippen LogP contribution in [0, 0.1) is 22.7 Å². The molecule has 0 heteroatoms. The highest BCUT2D eigenvalue weighted by atomic mass is 15.0. The SMILES string of the molecule is C1CC2(C1)C1C2C12CCC2. The van der Waals surface area contributed by atoms with Crippen LogP contribution in [0.5, 0.6) is 0 Å². The fourth-order valence-electron chi connectivity index (χ4n) is 4.45. The zero-order chi connectivity index (χ0) is 6.40. The van der Waals surface area contributed by atoms with Crippen molar-refractivity contribution in [3.8, 4) is 0 Å². The second-order valence-electron chi connectivity index (χ2n) is 5.13. The van der Waals surface area contributed by atoms with E-state index in [-0.39, 0.29) is 0 Å². The first-order chi connectivity index (χ1) is 4.90. The van der Waals surface area contributed by atoms with Gasteiger partial charge in [0.1, 0.15) is 0 Å². The van der Waals surface area contributed by atoms with Crippen LogP contribution in [0.15, 0.2) is 0 Å². The Morgan fingerprint density at radius 3 is 1.30 bits per heavy atom. The summed E-state index contributed by atoms with van der Waals surface area (Å²) in [6.45, 7) is 0. The third-order valence-electron chi connectivity index (χ3n) is 5.16. The molecule has 0 saturated heterocycles. The quantitative estimate of drug-likeness (QED) is 0.477. The average Bonchev–Trinajstić information content (AvgIpc) is 2.34. The number of rotatable bonds is 0. The Balaban J connectivity index is 1.64. The summed E-state index contributed by atoms with van der Waals surface area (Å²) < 4.78 is 0. The molecule has 0 amide bonds. The lowest BCUT2D eigenvalue weighted by atomic mass is 9.59. The molecule has 4 aliphatic carbocycles. The first-order valence-electron chi connectivity index (χ1n) is 4.90. The Hall–Kier alpha value is 0. The maximum atomic E-state index is 1.62. The lowest BCUT2D eigenvalue weighted by molar-refractivity contribution is 0.0427. The molecule has 10 heavy (non-hydrogen) atoms. The second kappa shape index (κ2) is 1.00. The molecule has 0 aliphatic heterocycles. The van der Waals surface area contributed by atoms with Crippen molar-refractivity contribution >= 4 is 0 Å². The van der Waals surface area contributed by atoms with E-state index in [0.29, 0.717) is 0 Å². The highest BCUT2D eigenvalue weighted by molar-refractivity contribution is 5.39. The Morgan fingerprint density at radius 2 is 1.10 bits per heavy atom. The van der Waals surface area contributed by atoms with Crippen LogP contribution in [0.2, 0.25) is 0 Å². The molecule has 4 aliphatic rings. The number of fused-ring (bicyclic) bond motifs is 5. The molecule has 0 nitrogen and oxygen atoms in total. The van der Waals surface area contributed by atoms with E-state index in [1.165, 1.54) is 11.8 Å². The summed E-state index contributed by atoms with van der Waals surface area (Å²) in [7, 11) is 0. The van der Waals surface area contributed by atoms with Crippen LogP contribution in [-0.4, -0.2) is 0 Å². The standard InChI is InChI=1S/C10H14/c1-3-9(4-1)7-8(9)10(7)5-2-6-10/h7-8H,1-6H2. The van der Waals surface area contributed by atoms with Gasteiger partial charge in [-0.25, -0.2) is 0 Å². The molecule has 4 saturated carbocycles. The van der Waals surface area contributed by atoms with Crippen molar-refractivity contribution in [1.82, 2.24) is 0 Å². The normalized spacial score (nSPS) is 55.2. The van der Waals surface area contributed by atoms with Gasteiger partial charge in [0.05, 0.1) is 0 Å². The zero-order valence-electron chi connectivity index (χ0n) is 6.40. The summed E-state index contributed by atoms with van der Waals surface area (Å²) in [6.07, 6.45) is 9.58. The van der Waals surface area contributed by atoms with E-state index in [1.807, 2.05) is 0 Å². The first kappa shape index (κ1) is 4.79. The van der Waals surface area contributed by atoms with Gasteiger partial charge in [-0.05, 0) is 48.3 Å². The third kappa shape index (κ3) is 0.245. The van der Waals surface area contributed by atoms with Gasteiger partial charge in [-0.3, -0.25) is 0 Å². The van der Waals surface area contributed by atoms with Crippen molar-refractivity contribution in [3.05, 3.63) is 0 Å². The Kier molecular flexibility index (Phi) is 0.479. The molecule has 0 unspecified atom stereocenters. The van der Waals surface area contributed by atoms with Crippen molar-refractivity contribution < 1.29 is 0 Å². The van der Waals surface area contributed by atoms with Gasteiger partial charge in [0.15, 0.2) is 0 Å². The van der Waals surface area contributed by atoms with E-state index >= 15 is 0 Å². The van der Waals surface area contributed by atoms with Crippen molar-refractivity contribution in [2.75, 3.05) is 0 Å². The van der Waals surface area contributed by atoms with E-state index in [1.54, 1.807) is 38.5 Å². The molecule has 2 spiro atoms. The molecule has 4 rings (SSSR count). The van der Waals surface area contributed by atoms with Gasteiger partial charge in [-0.15, -0.1) is 0 Å². The van der Waals surface area contributed by atoms with E-state index in [9.17, 15) is 0 Å². The van der Waals surface area contributed by atoms with Crippen LogP contribution < -0.4 is 0 Å². The summed E-state index contributed by atoms with van der Waals surface area (Å²) >= 11 is 0. The average molecular weight is 134 g/mol. The fourth-order valence-corrected chi connectivity index (χ4v) is 4.45. The second-order valence-corrected chi connectivity index (χ2v) is 5.13. The molecule has 0 heterocycles. The molecule has 0 aromatic carbocycles. The minimum atomic E-state index is 1.01. The highest BCUT2D eigenvalue weighted by Crippen LogP contribution is 2.98. The van der Waals surface area contributed by atoms with Gasteiger partial charge in [-0.2, -0.15) is 0 Å². The van der Waals surface area contributed by atoms with Crippen LogP contribution in [0.1, 0.15) is 38.5 Å². The molecule has 0 N–H and O–H groups in total. The Labute approximate surface area is 62.0 Å². The van der Waals surface area contributed by atoms with Gasteiger partial charge in [0, 0.05) is 0 Å². The predicted octanol–water partition coefficient (Wildman–Crippen LogP) is 2.59. The van der Waals surface area contributed by atoms with Gasteiger partial charge < -0.3 is 0 Å². The zero-order valence-corrected chi connectivity index (χ0v) is 6.40. The summed E-state index contributed by atoms with van der Waals surface area (Å²) in [5, 5.41) is 0. The monoisotopic (exact) mass is 134 g/mol. The van der Waals surface area contributed by atoms with Crippen LogP contribution in [-0.2, 0) is 0 Å². The largest absolute Gasteiger partial charge is 0.0522 e. The predicted molar refractivity (Wildman–Crippen MR) is 39.5 cm³/mol. The molecular formula is C10H14. The van der Waals surface area contributed by atoms with E-state index in [2.05, 4.69) is 0 Å². The van der Waals surface area contributed by atoms with Crippen LogP contribution in [0.25, 0.3) is 0 Å². The number of hydrogen-bond acceptors (Lipinski definition) is 0. The lowest BCUT2D eigenvalue weighted by Crippen LogP contribution is -2.36. The van der Waals surface area contributed by atoms with Crippen molar-refractivity contribution in [2.45, 2.75) is 38.5 Å².